The minimum absolute atomic E-state index is 0.436. The van der Waals surface area contributed by atoms with E-state index in [-0.39, 0.29) is 0 Å². The molecule has 0 atom stereocenters. The van der Waals surface area contributed by atoms with Gasteiger partial charge in [-0.2, -0.15) is 0 Å². The molecule has 1 aromatic rings. The van der Waals surface area contributed by atoms with Gasteiger partial charge in [0.15, 0.2) is 0 Å². The molecule has 0 amide bonds. The summed E-state index contributed by atoms with van der Waals surface area (Å²) in [6, 6.07) is 6.87. The number of nitrogens with two attached hydrogens (primary N) is 1. The minimum atomic E-state index is 0.436. The van der Waals surface area contributed by atoms with Gasteiger partial charge in [0.1, 0.15) is 5.84 Å². The van der Waals surface area contributed by atoms with E-state index in [1.54, 1.807) is 0 Å². The molecule has 2 rings (SSSR count). The van der Waals surface area contributed by atoms with Crippen molar-refractivity contribution in [3.8, 4) is 0 Å². The van der Waals surface area contributed by atoms with Gasteiger partial charge in [-0.15, -0.1) is 0 Å². The second-order valence-electron chi connectivity index (χ2n) is 5.29. The SMILES string of the molecule is Cc1cc(C)cc(C(=NC2CCCCC2)NN)c1. The summed E-state index contributed by atoms with van der Waals surface area (Å²) in [5.74, 6) is 6.47. The molecule has 0 aromatic heterocycles. The lowest BCUT2D eigenvalue weighted by molar-refractivity contribution is 0.442. The minimum Gasteiger partial charge on any atom is -0.308 e. The summed E-state index contributed by atoms with van der Waals surface area (Å²) in [7, 11) is 0. The molecule has 0 radical (unpaired) electrons. The molecule has 0 aliphatic heterocycles. The highest BCUT2D eigenvalue weighted by molar-refractivity contribution is 5.98. The van der Waals surface area contributed by atoms with Gasteiger partial charge in [-0.1, -0.05) is 36.5 Å². The van der Waals surface area contributed by atoms with Crippen LogP contribution in [0.25, 0.3) is 0 Å². The number of hydrogen-bond donors (Lipinski definition) is 2. The van der Waals surface area contributed by atoms with Crippen LogP contribution < -0.4 is 11.3 Å². The molecule has 1 fully saturated rings. The van der Waals surface area contributed by atoms with Crippen LogP contribution in [0.4, 0.5) is 0 Å². The van der Waals surface area contributed by atoms with Crippen molar-refractivity contribution in [2.75, 3.05) is 0 Å². The van der Waals surface area contributed by atoms with E-state index in [0.29, 0.717) is 6.04 Å². The van der Waals surface area contributed by atoms with Gasteiger partial charge in [0.25, 0.3) is 0 Å². The number of benzene rings is 1. The highest BCUT2D eigenvalue weighted by Gasteiger charge is 2.13. The Morgan fingerprint density at radius 2 is 1.72 bits per heavy atom. The smallest absolute Gasteiger partial charge is 0.142 e. The zero-order valence-corrected chi connectivity index (χ0v) is 11.4. The summed E-state index contributed by atoms with van der Waals surface area (Å²) >= 11 is 0. The normalized spacial score (nSPS) is 17.8. The van der Waals surface area contributed by atoms with E-state index in [1.165, 1.54) is 43.2 Å². The largest absolute Gasteiger partial charge is 0.308 e. The quantitative estimate of drug-likeness (QED) is 0.364. The third-order valence-corrected chi connectivity index (χ3v) is 3.52. The van der Waals surface area contributed by atoms with Crippen LogP contribution >= 0.6 is 0 Å². The summed E-state index contributed by atoms with van der Waals surface area (Å²) in [5.41, 5.74) is 6.36. The molecule has 0 heterocycles. The van der Waals surface area contributed by atoms with Gasteiger partial charge in [-0.3, -0.25) is 4.99 Å². The monoisotopic (exact) mass is 245 g/mol. The maximum absolute atomic E-state index is 5.64. The Balaban J connectivity index is 2.23. The van der Waals surface area contributed by atoms with Crippen molar-refractivity contribution in [2.24, 2.45) is 10.8 Å². The maximum atomic E-state index is 5.64. The molecular formula is C15H23N3. The first-order valence-corrected chi connectivity index (χ1v) is 6.82. The lowest BCUT2D eigenvalue weighted by atomic mass is 9.96. The Morgan fingerprint density at radius 3 is 2.28 bits per heavy atom. The van der Waals surface area contributed by atoms with E-state index in [9.17, 15) is 0 Å². The number of aryl methyl sites for hydroxylation is 2. The topological polar surface area (TPSA) is 50.4 Å². The lowest BCUT2D eigenvalue weighted by Crippen LogP contribution is -2.33. The van der Waals surface area contributed by atoms with Crippen molar-refractivity contribution in [3.63, 3.8) is 0 Å². The van der Waals surface area contributed by atoms with Crippen LogP contribution in [0.3, 0.4) is 0 Å². The molecule has 18 heavy (non-hydrogen) atoms. The van der Waals surface area contributed by atoms with Crippen LogP contribution in [0, 0.1) is 13.8 Å². The summed E-state index contributed by atoms with van der Waals surface area (Å²) in [6.07, 6.45) is 6.31. The zero-order chi connectivity index (χ0) is 13.0. The number of hydrazine groups is 1. The molecule has 1 aliphatic rings. The lowest BCUT2D eigenvalue weighted by Gasteiger charge is -2.19. The molecule has 3 N–H and O–H groups in total. The van der Waals surface area contributed by atoms with Gasteiger partial charge < -0.3 is 5.43 Å². The summed E-state index contributed by atoms with van der Waals surface area (Å²) in [6.45, 7) is 4.20. The van der Waals surface area contributed by atoms with Crippen LogP contribution in [0.5, 0.6) is 0 Å². The highest BCUT2D eigenvalue weighted by atomic mass is 15.3. The summed E-state index contributed by atoms with van der Waals surface area (Å²) in [5, 5.41) is 0. The molecule has 1 aromatic carbocycles. The number of hydrogen-bond acceptors (Lipinski definition) is 2. The van der Waals surface area contributed by atoms with Crippen molar-refractivity contribution in [2.45, 2.75) is 52.0 Å². The van der Waals surface area contributed by atoms with E-state index in [2.05, 4.69) is 37.5 Å². The van der Waals surface area contributed by atoms with Gasteiger partial charge in [-0.25, -0.2) is 5.84 Å². The van der Waals surface area contributed by atoms with Gasteiger partial charge in [0.05, 0.1) is 6.04 Å². The van der Waals surface area contributed by atoms with Crippen molar-refractivity contribution >= 4 is 5.84 Å². The van der Waals surface area contributed by atoms with E-state index in [4.69, 9.17) is 10.8 Å². The van der Waals surface area contributed by atoms with E-state index in [0.717, 1.165) is 11.4 Å². The first-order chi connectivity index (χ1) is 8.69. The van der Waals surface area contributed by atoms with Gasteiger partial charge in [-0.05, 0) is 38.8 Å². The van der Waals surface area contributed by atoms with Gasteiger partial charge >= 0.3 is 0 Å². The molecule has 3 heteroatoms. The van der Waals surface area contributed by atoms with Crippen LogP contribution in [0.2, 0.25) is 0 Å². The Labute approximate surface area is 109 Å². The number of amidine groups is 1. The molecule has 1 saturated carbocycles. The number of rotatable bonds is 2. The van der Waals surface area contributed by atoms with Crippen LogP contribution in [-0.4, -0.2) is 11.9 Å². The Morgan fingerprint density at radius 1 is 1.11 bits per heavy atom. The highest BCUT2D eigenvalue weighted by Crippen LogP contribution is 2.21. The van der Waals surface area contributed by atoms with Gasteiger partial charge in [0.2, 0.25) is 0 Å². The zero-order valence-electron chi connectivity index (χ0n) is 11.4. The third-order valence-electron chi connectivity index (χ3n) is 3.52. The average molecular weight is 245 g/mol. The number of aliphatic imine (C=N–C) groups is 1. The molecule has 0 saturated heterocycles. The molecule has 3 nitrogen and oxygen atoms in total. The van der Waals surface area contributed by atoms with E-state index >= 15 is 0 Å². The standard InChI is InChI=1S/C15H23N3/c1-11-8-12(2)10-13(9-11)15(18-16)17-14-6-4-3-5-7-14/h8-10,14H,3-7,16H2,1-2H3,(H,17,18). The number of nitrogens with zero attached hydrogens (tertiary/aromatic N) is 1. The fourth-order valence-electron chi connectivity index (χ4n) is 2.70. The fourth-order valence-corrected chi connectivity index (χ4v) is 2.70. The van der Waals surface area contributed by atoms with Crippen LogP contribution in [-0.2, 0) is 0 Å². The molecule has 0 bridgehead atoms. The maximum Gasteiger partial charge on any atom is 0.142 e. The van der Waals surface area contributed by atoms with Crippen molar-refractivity contribution in [1.29, 1.82) is 0 Å². The molecular weight excluding hydrogens is 222 g/mol. The predicted molar refractivity (Wildman–Crippen MR) is 76.6 cm³/mol. The van der Waals surface area contributed by atoms with Crippen LogP contribution in [0.15, 0.2) is 23.2 Å². The summed E-state index contributed by atoms with van der Waals surface area (Å²) < 4.78 is 0. The van der Waals surface area contributed by atoms with Gasteiger partial charge in [0, 0.05) is 5.56 Å². The van der Waals surface area contributed by atoms with Crippen molar-refractivity contribution < 1.29 is 0 Å². The fraction of sp³-hybridized carbons (Fsp3) is 0.533. The Kier molecular flexibility index (Phi) is 4.37. The average Bonchev–Trinajstić information content (AvgIpc) is 2.36. The molecule has 0 spiro atoms. The molecule has 1 aliphatic carbocycles. The molecule has 0 unspecified atom stereocenters. The van der Waals surface area contributed by atoms with Crippen molar-refractivity contribution in [3.05, 3.63) is 34.9 Å². The number of nitrogens with one attached hydrogen (secondary N) is 1. The molecule has 98 valence electrons. The first-order valence-electron chi connectivity index (χ1n) is 6.82. The second kappa shape index (κ2) is 6.01. The van der Waals surface area contributed by atoms with Crippen molar-refractivity contribution in [1.82, 2.24) is 5.43 Å². The Hall–Kier alpha value is -1.35. The second-order valence-corrected chi connectivity index (χ2v) is 5.29. The third kappa shape index (κ3) is 3.33. The van der Waals surface area contributed by atoms with E-state index < -0.39 is 0 Å². The van der Waals surface area contributed by atoms with Crippen LogP contribution in [0.1, 0.15) is 48.8 Å². The predicted octanol–water partition coefficient (Wildman–Crippen LogP) is 2.85. The van der Waals surface area contributed by atoms with E-state index in [1.807, 2.05) is 0 Å². The summed E-state index contributed by atoms with van der Waals surface area (Å²) in [4.78, 5) is 4.79. The Bertz CT molecular complexity index is 411. The first kappa shape index (κ1) is 13.1.